The molecule has 1 aromatic heterocycles. The molecule has 1 atom stereocenters. The number of carboxylic acid groups (broad SMARTS) is 1. The summed E-state index contributed by atoms with van der Waals surface area (Å²) in [6.45, 7) is 2.52. The van der Waals surface area contributed by atoms with Crippen LogP contribution in [0.2, 0.25) is 0 Å². The zero-order chi connectivity index (χ0) is 12.8. The Bertz CT molecular complexity index is 388. The molecule has 2 N–H and O–H groups in total. The Labute approximate surface area is 105 Å². The SMILES string of the molecule is O=C(O)c1ccc(NCCC2CCCOC2)nn1. The summed E-state index contributed by atoms with van der Waals surface area (Å²) in [4.78, 5) is 10.6. The number of aromatic carboxylic acids is 1. The summed E-state index contributed by atoms with van der Waals surface area (Å²) in [6.07, 6.45) is 3.38. The van der Waals surface area contributed by atoms with Crippen LogP contribution in [-0.2, 0) is 4.74 Å². The molecule has 0 spiro atoms. The highest BCUT2D eigenvalue weighted by molar-refractivity contribution is 5.85. The molecule has 0 radical (unpaired) electrons. The van der Waals surface area contributed by atoms with Crippen LogP contribution < -0.4 is 5.32 Å². The van der Waals surface area contributed by atoms with E-state index in [1.54, 1.807) is 6.07 Å². The van der Waals surface area contributed by atoms with Gasteiger partial charge >= 0.3 is 5.97 Å². The van der Waals surface area contributed by atoms with Crippen molar-refractivity contribution in [3.05, 3.63) is 17.8 Å². The van der Waals surface area contributed by atoms with Crippen LogP contribution in [0.5, 0.6) is 0 Å². The summed E-state index contributed by atoms with van der Waals surface area (Å²) in [7, 11) is 0. The van der Waals surface area contributed by atoms with Gasteiger partial charge in [-0.25, -0.2) is 4.79 Å². The number of ether oxygens (including phenoxy) is 1. The zero-order valence-electron chi connectivity index (χ0n) is 10.1. The van der Waals surface area contributed by atoms with E-state index in [1.807, 2.05) is 0 Å². The Balaban J connectivity index is 1.74. The summed E-state index contributed by atoms with van der Waals surface area (Å²) in [5.41, 5.74) is -0.0405. The van der Waals surface area contributed by atoms with Crippen molar-refractivity contribution in [2.75, 3.05) is 25.1 Å². The van der Waals surface area contributed by atoms with Gasteiger partial charge < -0.3 is 15.2 Å². The molecule has 1 fully saturated rings. The number of carbonyl (C=O) groups is 1. The molecule has 0 aromatic carbocycles. The van der Waals surface area contributed by atoms with Gasteiger partial charge in [-0.05, 0) is 37.3 Å². The maximum atomic E-state index is 10.6. The van der Waals surface area contributed by atoms with Crippen LogP contribution in [0.15, 0.2) is 12.1 Å². The Kier molecular flexibility index (Phi) is 4.46. The van der Waals surface area contributed by atoms with Gasteiger partial charge in [0.05, 0.1) is 0 Å². The molecule has 6 nitrogen and oxygen atoms in total. The van der Waals surface area contributed by atoms with E-state index < -0.39 is 5.97 Å². The van der Waals surface area contributed by atoms with Gasteiger partial charge in [0.15, 0.2) is 5.69 Å². The van der Waals surface area contributed by atoms with E-state index in [0.717, 1.165) is 32.6 Å². The molecule has 98 valence electrons. The first-order valence-electron chi connectivity index (χ1n) is 6.14. The number of hydrogen-bond acceptors (Lipinski definition) is 5. The van der Waals surface area contributed by atoms with E-state index in [0.29, 0.717) is 11.7 Å². The molecule has 1 aliphatic rings. The first-order chi connectivity index (χ1) is 8.75. The molecule has 0 bridgehead atoms. The Hall–Kier alpha value is -1.69. The highest BCUT2D eigenvalue weighted by atomic mass is 16.5. The molecular weight excluding hydrogens is 234 g/mol. The van der Waals surface area contributed by atoms with E-state index in [2.05, 4.69) is 15.5 Å². The van der Waals surface area contributed by atoms with Crippen molar-refractivity contribution < 1.29 is 14.6 Å². The second-order valence-electron chi connectivity index (χ2n) is 4.41. The van der Waals surface area contributed by atoms with Crippen LogP contribution in [0.3, 0.4) is 0 Å². The second kappa shape index (κ2) is 6.30. The van der Waals surface area contributed by atoms with Gasteiger partial charge in [0.25, 0.3) is 0 Å². The maximum absolute atomic E-state index is 10.6. The number of hydrogen-bond donors (Lipinski definition) is 2. The minimum Gasteiger partial charge on any atom is -0.476 e. The van der Waals surface area contributed by atoms with Crippen LogP contribution in [0, 0.1) is 5.92 Å². The largest absolute Gasteiger partial charge is 0.476 e. The Morgan fingerprint density at radius 1 is 1.50 bits per heavy atom. The quantitative estimate of drug-likeness (QED) is 0.823. The van der Waals surface area contributed by atoms with E-state index in [9.17, 15) is 4.79 Å². The number of carboxylic acids is 1. The third-order valence-electron chi connectivity index (χ3n) is 3.00. The van der Waals surface area contributed by atoms with Crippen molar-refractivity contribution in [1.29, 1.82) is 0 Å². The topological polar surface area (TPSA) is 84.3 Å². The molecule has 18 heavy (non-hydrogen) atoms. The highest BCUT2D eigenvalue weighted by Gasteiger charge is 2.13. The van der Waals surface area contributed by atoms with Crippen LogP contribution in [0.1, 0.15) is 29.8 Å². The first-order valence-corrected chi connectivity index (χ1v) is 6.14. The minimum atomic E-state index is -1.06. The molecule has 0 amide bonds. The molecule has 2 rings (SSSR count). The van der Waals surface area contributed by atoms with E-state index in [1.165, 1.54) is 12.5 Å². The predicted octanol–water partition coefficient (Wildman–Crippen LogP) is 1.40. The van der Waals surface area contributed by atoms with Gasteiger partial charge in [0, 0.05) is 19.8 Å². The smallest absolute Gasteiger partial charge is 0.356 e. The fourth-order valence-electron chi connectivity index (χ4n) is 1.98. The number of nitrogens with zero attached hydrogens (tertiary/aromatic N) is 2. The van der Waals surface area contributed by atoms with E-state index in [4.69, 9.17) is 9.84 Å². The summed E-state index contributed by atoms with van der Waals surface area (Å²) < 4.78 is 5.41. The van der Waals surface area contributed by atoms with Crippen molar-refractivity contribution in [1.82, 2.24) is 10.2 Å². The van der Waals surface area contributed by atoms with Gasteiger partial charge in [-0.15, -0.1) is 10.2 Å². The standard InChI is InChI=1S/C12H17N3O3/c16-12(17)10-3-4-11(15-14-10)13-6-5-9-2-1-7-18-8-9/h3-4,9H,1-2,5-8H2,(H,13,15)(H,16,17). The van der Waals surface area contributed by atoms with E-state index in [-0.39, 0.29) is 5.69 Å². The summed E-state index contributed by atoms with van der Waals surface area (Å²) in [6, 6.07) is 3.08. The maximum Gasteiger partial charge on any atom is 0.356 e. The summed E-state index contributed by atoms with van der Waals surface area (Å²) >= 11 is 0. The van der Waals surface area contributed by atoms with Crippen molar-refractivity contribution in [3.8, 4) is 0 Å². The lowest BCUT2D eigenvalue weighted by atomic mass is 9.99. The fourth-order valence-corrected chi connectivity index (χ4v) is 1.98. The average Bonchev–Trinajstić information content (AvgIpc) is 2.40. The van der Waals surface area contributed by atoms with Gasteiger partial charge in [-0.3, -0.25) is 0 Å². The molecule has 2 heterocycles. The van der Waals surface area contributed by atoms with Gasteiger partial charge in [-0.1, -0.05) is 0 Å². The third-order valence-corrected chi connectivity index (χ3v) is 3.00. The Morgan fingerprint density at radius 2 is 2.39 bits per heavy atom. The molecule has 1 unspecified atom stereocenters. The van der Waals surface area contributed by atoms with Crippen LogP contribution >= 0.6 is 0 Å². The average molecular weight is 251 g/mol. The molecule has 1 aliphatic heterocycles. The normalized spacial score (nSPS) is 19.4. The van der Waals surface area contributed by atoms with Crippen LogP contribution in [-0.4, -0.2) is 41.0 Å². The summed E-state index contributed by atoms with van der Waals surface area (Å²) in [5.74, 6) is 0.155. The van der Waals surface area contributed by atoms with Crippen LogP contribution in [0.4, 0.5) is 5.82 Å². The number of aromatic nitrogens is 2. The second-order valence-corrected chi connectivity index (χ2v) is 4.41. The Morgan fingerprint density at radius 3 is 3.00 bits per heavy atom. The number of rotatable bonds is 5. The first kappa shape index (κ1) is 12.8. The third kappa shape index (κ3) is 3.66. The van der Waals surface area contributed by atoms with E-state index >= 15 is 0 Å². The number of anilines is 1. The van der Waals surface area contributed by atoms with Gasteiger partial charge in [0.1, 0.15) is 5.82 Å². The fraction of sp³-hybridized carbons (Fsp3) is 0.583. The molecular formula is C12H17N3O3. The van der Waals surface area contributed by atoms with Crippen molar-refractivity contribution in [2.24, 2.45) is 5.92 Å². The summed E-state index contributed by atoms with van der Waals surface area (Å²) in [5, 5.41) is 19.2. The number of nitrogens with one attached hydrogen (secondary N) is 1. The lowest BCUT2D eigenvalue weighted by Crippen LogP contribution is -2.20. The van der Waals surface area contributed by atoms with Gasteiger partial charge in [0.2, 0.25) is 0 Å². The van der Waals surface area contributed by atoms with Crippen molar-refractivity contribution in [2.45, 2.75) is 19.3 Å². The monoisotopic (exact) mass is 251 g/mol. The minimum absolute atomic E-state index is 0.0405. The van der Waals surface area contributed by atoms with Gasteiger partial charge in [-0.2, -0.15) is 0 Å². The lowest BCUT2D eigenvalue weighted by Gasteiger charge is -2.21. The van der Waals surface area contributed by atoms with Crippen molar-refractivity contribution >= 4 is 11.8 Å². The lowest BCUT2D eigenvalue weighted by molar-refractivity contribution is 0.0530. The molecule has 1 aromatic rings. The predicted molar refractivity (Wildman–Crippen MR) is 65.6 cm³/mol. The van der Waals surface area contributed by atoms with Crippen molar-refractivity contribution in [3.63, 3.8) is 0 Å². The zero-order valence-corrected chi connectivity index (χ0v) is 10.1. The van der Waals surface area contributed by atoms with Crippen LogP contribution in [0.25, 0.3) is 0 Å². The molecule has 0 saturated carbocycles. The molecule has 6 heteroatoms. The molecule has 1 saturated heterocycles. The highest BCUT2D eigenvalue weighted by Crippen LogP contribution is 2.16. The molecule has 0 aliphatic carbocycles.